The fourth-order valence-electron chi connectivity index (χ4n) is 3.36. The number of guanidine groups is 1. The number of rotatable bonds is 8. The van der Waals surface area contributed by atoms with Gasteiger partial charge in [-0.05, 0) is 50.4 Å². The molecule has 2 rings (SSSR count). The molecule has 0 radical (unpaired) electrons. The fraction of sp³-hybridized carbons (Fsp3) is 0.750. The predicted molar refractivity (Wildman–Crippen MR) is 106 cm³/mol. The van der Waals surface area contributed by atoms with Crippen molar-refractivity contribution in [3.8, 4) is 0 Å². The molecule has 1 aliphatic heterocycles. The van der Waals surface area contributed by atoms with Gasteiger partial charge in [0.25, 0.3) is 0 Å². The highest BCUT2D eigenvalue weighted by Crippen LogP contribution is 2.25. The van der Waals surface area contributed by atoms with Crippen LogP contribution in [0.15, 0.2) is 27.8 Å². The second-order valence-electron chi connectivity index (χ2n) is 7.97. The van der Waals surface area contributed by atoms with Gasteiger partial charge in [0.05, 0.1) is 25.0 Å². The van der Waals surface area contributed by atoms with Crippen molar-refractivity contribution in [2.75, 3.05) is 39.8 Å². The van der Waals surface area contributed by atoms with Gasteiger partial charge >= 0.3 is 0 Å². The lowest BCUT2D eigenvalue weighted by Crippen LogP contribution is -2.43. The normalized spacial score (nSPS) is 18.7. The lowest BCUT2D eigenvalue weighted by molar-refractivity contribution is 0.0241. The van der Waals surface area contributed by atoms with Crippen molar-refractivity contribution in [2.45, 2.75) is 52.7 Å². The Balaban J connectivity index is 2.01. The highest BCUT2D eigenvalue weighted by molar-refractivity contribution is 5.79. The highest BCUT2D eigenvalue weighted by atomic mass is 16.5. The van der Waals surface area contributed by atoms with E-state index >= 15 is 0 Å². The van der Waals surface area contributed by atoms with E-state index in [0.29, 0.717) is 6.54 Å². The van der Waals surface area contributed by atoms with Gasteiger partial charge in [-0.3, -0.25) is 9.89 Å². The molecule has 1 fully saturated rings. The van der Waals surface area contributed by atoms with Gasteiger partial charge in [-0.1, -0.05) is 20.8 Å². The molecule has 6 nitrogen and oxygen atoms in total. The lowest BCUT2D eigenvalue weighted by Gasteiger charge is -2.29. The molecule has 6 heteroatoms. The third-order valence-electron chi connectivity index (χ3n) is 4.93. The second kappa shape index (κ2) is 9.97. The molecule has 0 aromatic carbocycles. The minimum atomic E-state index is 0.0574. The van der Waals surface area contributed by atoms with Crippen molar-refractivity contribution < 1.29 is 9.15 Å². The zero-order valence-electron chi connectivity index (χ0n) is 17.0. The van der Waals surface area contributed by atoms with Gasteiger partial charge in [-0.25, -0.2) is 0 Å². The van der Waals surface area contributed by atoms with E-state index in [4.69, 9.17) is 14.1 Å². The Morgan fingerprint density at radius 3 is 2.58 bits per heavy atom. The summed E-state index contributed by atoms with van der Waals surface area (Å²) >= 11 is 0. The largest absolute Gasteiger partial charge is 0.468 e. The van der Waals surface area contributed by atoms with Gasteiger partial charge in [0.1, 0.15) is 5.76 Å². The molecule has 2 atom stereocenters. The van der Waals surface area contributed by atoms with Gasteiger partial charge in [0.15, 0.2) is 5.96 Å². The summed E-state index contributed by atoms with van der Waals surface area (Å²) in [6.45, 7) is 13.1. The fourth-order valence-corrected chi connectivity index (χ4v) is 3.36. The maximum atomic E-state index is 5.70. The summed E-state index contributed by atoms with van der Waals surface area (Å²) in [5.74, 6) is 1.84. The zero-order chi connectivity index (χ0) is 19.0. The zero-order valence-corrected chi connectivity index (χ0v) is 17.0. The molecule has 0 amide bonds. The van der Waals surface area contributed by atoms with Crippen molar-refractivity contribution in [1.29, 1.82) is 0 Å². The number of nitrogens with one attached hydrogen (secondary N) is 2. The minimum absolute atomic E-state index is 0.0574. The van der Waals surface area contributed by atoms with Crippen LogP contribution in [-0.4, -0.2) is 56.8 Å². The maximum absolute atomic E-state index is 5.70. The summed E-state index contributed by atoms with van der Waals surface area (Å²) < 4.78 is 11.3. The molecule has 0 aliphatic carbocycles. The third-order valence-corrected chi connectivity index (χ3v) is 4.93. The van der Waals surface area contributed by atoms with Crippen LogP contribution >= 0.6 is 0 Å². The van der Waals surface area contributed by atoms with Crippen molar-refractivity contribution in [1.82, 2.24) is 15.5 Å². The first-order valence-electron chi connectivity index (χ1n) is 9.78. The highest BCUT2D eigenvalue weighted by Gasteiger charge is 2.26. The van der Waals surface area contributed by atoms with Crippen LogP contribution in [0, 0.1) is 5.41 Å². The van der Waals surface area contributed by atoms with Crippen LogP contribution in [0.2, 0.25) is 0 Å². The minimum Gasteiger partial charge on any atom is -0.468 e. The van der Waals surface area contributed by atoms with E-state index in [1.165, 1.54) is 12.8 Å². The summed E-state index contributed by atoms with van der Waals surface area (Å²) in [7, 11) is 1.76. The first kappa shape index (κ1) is 20.8. The Morgan fingerprint density at radius 2 is 2.04 bits per heavy atom. The van der Waals surface area contributed by atoms with Gasteiger partial charge in [-0.2, -0.15) is 0 Å². The molecule has 148 valence electrons. The van der Waals surface area contributed by atoms with E-state index in [1.807, 2.05) is 6.07 Å². The topological polar surface area (TPSA) is 62.0 Å². The molecule has 1 aliphatic rings. The predicted octanol–water partition coefficient (Wildman–Crippen LogP) is 3.03. The van der Waals surface area contributed by atoms with Crippen LogP contribution in [0.1, 0.15) is 52.3 Å². The van der Waals surface area contributed by atoms with Gasteiger partial charge in [0, 0.05) is 20.2 Å². The Hall–Kier alpha value is -1.53. The molecule has 0 bridgehead atoms. The van der Waals surface area contributed by atoms with E-state index in [9.17, 15) is 0 Å². The van der Waals surface area contributed by atoms with Crippen LogP contribution in [0.5, 0.6) is 0 Å². The summed E-state index contributed by atoms with van der Waals surface area (Å²) in [5, 5.41) is 6.84. The number of furan rings is 1. The summed E-state index contributed by atoms with van der Waals surface area (Å²) in [6.07, 6.45) is 4.35. The van der Waals surface area contributed by atoms with Crippen LogP contribution in [0.3, 0.4) is 0 Å². The molecular weight excluding hydrogens is 328 g/mol. The number of nitrogens with zero attached hydrogens (tertiary/aromatic N) is 2. The molecule has 0 spiro atoms. The number of likely N-dealkylation sites (tertiary alicyclic amines) is 1. The van der Waals surface area contributed by atoms with E-state index in [0.717, 1.165) is 37.9 Å². The number of aliphatic imine (C=N–C) groups is 1. The van der Waals surface area contributed by atoms with E-state index in [2.05, 4.69) is 49.3 Å². The average molecular weight is 365 g/mol. The standard InChI is InChI=1S/C20H36N4O2/c1-6-21-19(23-15-18(25-5)20(2,3)4)22-14-16(17-10-9-13-26-17)24-11-7-8-12-24/h9-10,13,16,18H,6-8,11-12,14-15H2,1-5H3,(H2,21,22,23). The monoisotopic (exact) mass is 364 g/mol. The third kappa shape index (κ3) is 6.02. The smallest absolute Gasteiger partial charge is 0.191 e. The molecule has 1 saturated heterocycles. The Labute approximate surface area is 158 Å². The number of hydrogen-bond donors (Lipinski definition) is 2. The first-order chi connectivity index (χ1) is 12.5. The van der Waals surface area contributed by atoms with E-state index in [-0.39, 0.29) is 17.6 Å². The SMILES string of the molecule is CCNC(=NCC(OC)C(C)(C)C)NCC(c1ccco1)N1CCCC1. The number of methoxy groups -OCH3 is 1. The van der Waals surface area contributed by atoms with Crippen LogP contribution in [0.25, 0.3) is 0 Å². The summed E-state index contributed by atoms with van der Waals surface area (Å²) in [6, 6.07) is 4.26. The summed E-state index contributed by atoms with van der Waals surface area (Å²) in [5.41, 5.74) is 0.0574. The molecule has 26 heavy (non-hydrogen) atoms. The Kier molecular flexibility index (Phi) is 7.97. The van der Waals surface area contributed by atoms with E-state index < -0.39 is 0 Å². The van der Waals surface area contributed by atoms with Crippen molar-refractivity contribution >= 4 is 5.96 Å². The van der Waals surface area contributed by atoms with E-state index in [1.54, 1.807) is 13.4 Å². The number of ether oxygens (including phenoxy) is 1. The molecule has 2 heterocycles. The van der Waals surface area contributed by atoms with Crippen molar-refractivity contribution in [2.24, 2.45) is 10.4 Å². The molecule has 2 unspecified atom stereocenters. The molecule has 1 aromatic heterocycles. The molecular formula is C20H36N4O2. The number of hydrogen-bond acceptors (Lipinski definition) is 4. The summed E-state index contributed by atoms with van der Waals surface area (Å²) in [4.78, 5) is 7.24. The van der Waals surface area contributed by atoms with Gasteiger partial charge in [0.2, 0.25) is 0 Å². The van der Waals surface area contributed by atoms with Crippen molar-refractivity contribution in [3.05, 3.63) is 24.2 Å². The van der Waals surface area contributed by atoms with Crippen molar-refractivity contribution in [3.63, 3.8) is 0 Å². The Morgan fingerprint density at radius 1 is 1.31 bits per heavy atom. The Bertz CT molecular complexity index is 531. The van der Waals surface area contributed by atoms with Gasteiger partial charge in [-0.15, -0.1) is 0 Å². The van der Waals surface area contributed by atoms with Crippen LogP contribution in [-0.2, 0) is 4.74 Å². The quantitative estimate of drug-likeness (QED) is 0.548. The van der Waals surface area contributed by atoms with Gasteiger partial charge < -0.3 is 19.8 Å². The molecule has 1 aromatic rings. The molecule has 2 N–H and O–H groups in total. The lowest BCUT2D eigenvalue weighted by atomic mass is 9.89. The molecule has 0 saturated carbocycles. The van der Waals surface area contributed by atoms with Crippen LogP contribution in [0.4, 0.5) is 0 Å². The average Bonchev–Trinajstić information content (AvgIpc) is 3.28. The second-order valence-corrected chi connectivity index (χ2v) is 7.97. The first-order valence-corrected chi connectivity index (χ1v) is 9.78. The maximum Gasteiger partial charge on any atom is 0.191 e. The van der Waals surface area contributed by atoms with Crippen LogP contribution < -0.4 is 10.6 Å².